The zero-order valence-electron chi connectivity index (χ0n) is 77.4. The normalized spacial score (nSPS) is 10.4. The zero-order valence-corrected chi connectivity index (χ0v) is 95.3. The van der Waals surface area contributed by atoms with E-state index in [1.54, 1.807) is 32.6 Å². The van der Waals surface area contributed by atoms with Gasteiger partial charge in [0.25, 0.3) is 0 Å². The number of hydrogen-bond donors (Lipinski definition) is 3. The van der Waals surface area contributed by atoms with Crippen molar-refractivity contribution in [3.63, 3.8) is 0 Å². The van der Waals surface area contributed by atoms with Crippen molar-refractivity contribution < 1.29 is 89.6 Å². The fourth-order valence-corrected chi connectivity index (χ4v) is 17.9. The van der Waals surface area contributed by atoms with E-state index < -0.39 is 13.9 Å². The monoisotopic (exact) mass is 2340 g/mol. The summed E-state index contributed by atoms with van der Waals surface area (Å²) in [5.74, 6) is 0.969. The van der Waals surface area contributed by atoms with Crippen molar-refractivity contribution in [1.82, 2.24) is 34.8 Å². The number of nitriles is 2. The summed E-state index contributed by atoms with van der Waals surface area (Å²) in [5.41, 5.74) is 8.28. The molecule has 0 saturated heterocycles. The summed E-state index contributed by atoms with van der Waals surface area (Å²) >= 11 is 0.786. The molecule has 128 heavy (non-hydrogen) atoms. The smallest absolute Gasteiger partial charge is 0.000332 e. The number of aryl methyl sites for hydroxylation is 5. The van der Waals surface area contributed by atoms with E-state index >= 15 is 0 Å². The standard InChI is InChI=1S/C28H29NP2.C17H21NP.3C10H14.C6H8N2O2.2C5H9N2.C2H3N.C2H2N.3CH3.8ClH.H3NP2.4Ru/c1-5-13-25(14-6-1)30(26-15-7-2-8-16-26)23-21-29-22-24-31(27-17-9-3-10-18-27)28-19-11-4-12-20-28;1-2-13-18-14-15-19(16-9-5-3-6-10-16)17-11-7-4-8-12-17;3*1-8(2)10-6-4-9(3)5-7-10;1-7-3-4-8(2)5(7)6(9)10;2*1-6-3-4-7(2)5-6;2*1-2-3;;;;;;;;;;;;1-3-2;;;;/h1-20,29H,21-24H2;3-12,18H,1-2,13-15H2;3*4-8H,1-3H3;3-4H,1-2H3;2*3-5H,1-2H3;1H3;1H2;3*1H3;8*1H;1H,2H2;;;;/q;-1;;;;;2*-1;;4*-1;;;;;;;;;;+1;2*+2;+4/p-7. The summed E-state index contributed by atoms with van der Waals surface area (Å²) in [6.07, 6.45) is 15.8. The molecule has 3 heterocycles. The second kappa shape index (κ2) is 93.2. The number of hydrogen-bond acceptors (Lipinski definition) is 11. The summed E-state index contributed by atoms with van der Waals surface area (Å²) in [6, 6.07) is 95.2. The van der Waals surface area contributed by atoms with Crippen LogP contribution in [0.5, 0.6) is 0 Å². The van der Waals surface area contributed by atoms with Gasteiger partial charge in [0.15, 0.2) is 5.97 Å². The SMILES string of the molecule is CC#N.CN1C=CN(C)[CH-]1.CN1C=CN(C)[CH-]1.Cc1ccc(C(C)C)cc1.Cc1ccc(C(C)C)cc1.Cc1ccc(C(C)C)cc1.Cn1cc[n+](C)c1C(=O)[O-].N=PP.[CH2-]C#N.[CH2-]CCNCC[PH+](c1ccccc1)c1ccccc1.[CH3-].[CH3-].[CH3-].[Cl-].[Cl][Ru+2][Cl].[Cl][Ru].[Cl][Ru][Cl].[Cl][Ru][Cl].c1ccc(P(CCNCCP(c2ccccc2)c2ccccc2)c2ccccc2)cc1. The number of halogens is 8. The van der Waals surface area contributed by atoms with Gasteiger partial charge < -0.3 is 88.7 Å². The van der Waals surface area contributed by atoms with Gasteiger partial charge in [-0.3, -0.25) is 5.16 Å². The van der Waals surface area contributed by atoms with Crippen molar-refractivity contribution in [1.29, 1.82) is 15.7 Å². The molecule has 0 aliphatic carbocycles. The molecular weight excluding hydrogens is 2210 g/mol. The maximum Gasteiger partial charge on any atom is -0.000332 e. The molecule has 2 aliphatic heterocycles. The number of nitrogens with one attached hydrogen (secondary N) is 3. The average molecular weight is 2340 g/mol. The molecule has 2 aliphatic rings. The molecule has 0 bridgehead atoms. The number of carboxylic acids is 1. The Kier molecular flexibility index (Phi) is 99.6. The molecule has 1 atom stereocenters. The molecule has 9 aromatic carbocycles. The molecule has 13 nitrogen and oxygen atoms in total. The molecule has 713 valence electrons. The minimum atomic E-state index is -1.16. The summed E-state index contributed by atoms with van der Waals surface area (Å²) in [5, 5.41) is 47.1. The first-order valence-electron chi connectivity index (χ1n) is 39.1. The zero-order chi connectivity index (χ0) is 93.7. The second-order valence-electron chi connectivity index (χ2n) is 27.4. The van der Waals surface area contributed by atoms with Crippen molar-refractivity contribution in [2.75, 3.05) is 72.9 Å². The van der Waals surface area contributed by atoms with E-state index in [0.717, 1.165) is 44.9 Å². The van der Waals surface area contributed by atoms with E-state index in [4.69, 9.17) is 73.8 Å². The Morgan fingerprint density at radius 1 is 0.539 bits per heavy atom. The summed E-state index contributed by atoms with van der Waals surface area (Å²) in [7, 11) is 46.5. The van der Waals surface area contributed by atoms with E-state index in [0.29, 0.717) is 25.8 Å². The second-order valence-corrected chi connectivity index (χ2v) is 43.7. The van der Waals surface area contributed by atoms with Crippen molar-refractivity contribution in [3.8, 4) is 12.1 Å². The van der Waals surface area contributed by atoms with Crippen LogP contribution in [0.25, 0.3) is 0 Å². The number of benzene rings is 9. The van der Waals surface area contributed by atoms with Gasteiger partial charge in [-0.05, 0) is 201 Å². The van der Waals surface area contributed by atoms with Gasteiger partial charge in [0.05, 0.1) is 44.9 Å². The predicted molar refractivity (Wildman–Crippen MR) is 555 cm³/mol. The Morgan fingerprint density at radius 2 is 0.766 bits per heavy atom. The molecule has 1 unspecified atom stereocenters. The fraction of sp³-hybridized carbons (Fsp3) is 0.276. The number of imidazole rings is 1. The minimum Gasteiger partial charge on any atom is -0.316 e. The predicted octanol–water partition coefficient (Wildman–Crippen LogP) is 21.5. The van der Waals surface area contributed by atoms with Crippen molar-refractivity contribution in [2.45, 2.75) is 93.4 Å². The van der Waals surface area contributed by atoms with Crippen LogP contribution in [0, 0.1) is 98.1 Å². The quantitative estimate of drug-likeness (QED) is 0.0208. The van der Waals surface area contributed by atoms with Gasteiger partial charge in [0, 0.05) is 21.5 Å². The van der Waals surface area contributed by atoms with Crippen molar-refractivity contribution in [3.05, 3.63) is 381 Å². The van der Waals surface area contributed by atoms with Gasteiger partial charge in [-0.2, -0.15) is 25.0 Å². The van der Waals surface area contributed by atoms with Crippen molar-refractivity contribution in [2.24, 2.45) is 14.1 Å². The van der Waals surface area contributed by atoms with Gasteiger partial charge in [0.1, 0.15) is 12.4 Å². The molecule has 10 aromatic rings. The molecular formula is C98H136Cl8N11O2P5Ru4-5. The number of carboxylic acid groups (broad SMARTS) is 1. The van der Waals surface area contributed by atoms with Crippen LogP contribution in [-0.2, 0) is 76.8 Å². The van der Waals surface area contributed by atoms with Crippen LogP contribution in [0.4, 0.5) is 0 Å². The van der Waals surface area contributed by atoms with E-state index in [1.165, 1.54) is 93.5 Å². The molecule has 0 saturated carbocycles. The first kappa shape index (κ1) is 137. The molecule has 0 amide bonds. The number of aromatic carboxylic acids is 1. The largest absolute Gasteiger partial charge is 0.316 e. The Hall–Kier alpha value is -4.26. The van der Waals surface area contributed by atoms with Crippen LogP contribution in [0.2, 0.25) is 0 Å². The van der Waals surface area contributed by atoms with Gasteiger partial charge in [-0.15, -0.1) is 6.07 Å². The third-order valence-electron chi connectivity index (χ3n) is 16.8. The molecule has 3 N–H and O–H groups in total. The summed E-state index contributed by atoms with van der Waals surface area (Å²) < 4.78 is 2.99. The fourth-order valence-electron chi connectivity index (χ4n) is 10.8. The van der Waals surface area contributed by atoms with Crippen LogP contribution in [0.3, 0.4) is 0 Å². The number of rotatable bonds is 21. The van der Waals surface area contributed by atoms with Gasteiger partial charge >= 0.3 is 136 Å². The maximum absolute atomic E-state index is 10.4. The van der Waals surface area contributed by atoms with Crippen LogP contribution < -0.4 is 64.5 Å². The van der Waals surface area contributed by atoms with Crippen LogP contribution in [0.1, 0.15) is 117 Å². The number of nitrogens with zero attached hydrogens (tertiary/aromatic N) is 8. The molecule has 0 fully saturated rings. The Bertz CT molecular complexity index is 3910. The third-order valence-corrected chi connectivity index (χ3v) is 24.7. The van der Waals surface area contributed by atoms with Gasteiger partial charge in [-0.1, -0.05) is 298 Å². The van der Waals surface area contributed by atoms with Gasteiger partial charge in [0.2, 0.25) is 0 Å². The third kappa shape index (κ3) is 70.4. The Balaban J connectivity index is -0.000000264. The van der Waals surface area contributed by atoms with Crippen LogP contribution in [-0.4, -0.2) is 103 Å². The topological polar surface area (TPSA) is 157 Å². The number of carbonyl (C=O) groups excluding carboxylic acids is 1. The van der Waals surface area contributed by atoms with Crippen LogP contribution >= 0.6 is 109 Å². The average Bonchev–Trinajstić information content (AvgIpc) is 1.34. The minimum absolute atomic E-state index is 0. The molecule has 1 aromatic heterocycles. The maximum atomic E-state index is 10.4. The molecule has 30 heteroatoms. The van der Waals surface area contributed by atoms with Crippen LogP contribution in [0.15, 0.2) is 292 Å². The summed E-state index contributed by atoms with van der Waals surface area (Å²) in [6.45, 7) is 35.9. The molecule has 0 spiro atoms. The molecule has 12 rings (SSSR count). The first-order chi connectivity index (χ1) is 59.6. The van der Waals surface area contributed by atoms with E-state index in [9.17, 15) is 9.90 Å². The van der Waals surface area contributed by atoms with E-state index in [2.05, 4.69) is 360 Å². The van der Waals surface area contributed by atoms with E-state index in [-0.39, 0.29) is 102 Å². The van der Waals surface area contributed by atoms with Gasteiger partial charge in [-0.25, -0.2) is 14.4 Å². The number of aromatic nitrogens is 2. The first-order valence-corrected chi connectivity index (χ1v) is 62.1. The molecule has 0 radical (unpaired) electrons. The Morgan fingerprint density at radius 3 is 0.945 bits per heavy atom. The number of carbonyl (C=O) groups is 1. The van der Waals surface area contributed by atoms with Crippen molar-refractivity contribution >= 4 is 146 Å². The summed E-state index contributed by atoms with van der Waals surface area (Å²) in [4.78, 5) is 18.4. The van der Waals surface area contributed by atoms with E-state index in [1.807, 2.05) is 103 Å². The Labute approximate surface area is 850 Å².